The van der Waals surface area contributed by atoms with Crippen LogP contribution in [0.4, 0.5) is 0 Å². The van der Waals surface area contributed by atoms with Gasteiger partial charge in [0.15, 0.2) is 0 Å². The van der Waals surface area contributed by atoms with Crippen molar-refractivity contribution in [2.75, 3.05) is 46.0 Å². The van der Waals surface area contributed by atoms with Crippen molar-refractivity contribution < 1.29 is 14.0 Å². The number of fused-ring (bicyclic) bond motifs is 3. The Morgan fingerprint density at radius 2 is 1.39 bits per heavy atom. The number of carbonyl (C=O) groups excluding carboxylic acids is 1. The van der Waals surface area contributed by atoms with E-state index >= 15 is 0 Å². The third-order valence-corrected chi connectivity index (χ3v) is 5.66. The van der Waals surface area contributed by atoms with Crippen LogP contribution >= 0.6 is 0 Å². The largest absolute Gasteiger partial charge is 0.415 e. The maximum absolute atomic E-state index is 11.9. The zero-order valence-corrected chi connectivity index (χ0v) is 15.2. The predicted octanol–water partition coefficient (Wildman–Crippen LogP) is 3.55. The molecule has 3 heterocycles. The number of quaternary nitrogens is 1. The molecule has 3 saturated heterocycles. The molecule has 0 aliphatic carbocycles. The molecule has 3 aliphatic heterocycles. The van der Waals surface area contributed by atoms with Crippen LogP contribution in [0, 0.1) is 0 Å². The fraction of sp³-hybridized carbons (Fsp3) is 0.947. The summed E-state index contributed by atoms with van der Waals surface area (Å²) in [6.07, 6.45) is 12.2. The van der Waals surface area contributed by atoms with Gasteiger partial charge in [-0.2, -0.15) is 0 Å². The molecule has 3 aliphatic rings. The van der Waals surface area contributed by atoms with Gasteiger partial charge in [0.2, 0.25) is 6.73 Å². The molecule has 0 saturated carbocycles. The van der Waals surface area contributed by atoms with E-state index in [2.05, 4.69) is 11.8 Å². The SMILES string of the molecule is CCCCCCCCCCCC(=O)OC[N+]12CCN(CC1)CC2. The standard InChI is InChI=1S/C19H37N2O2/c1-2-3-4-5-6-7-8-9-10-11-19(22)23-18-21-15-12-20(13-16-21)14-17-21/h2-18H2,1H3/q+1. The van der Waals surface area contributed by atoms with E-state index in [1.165, 1.54) is 71.0 Å². The molecule has 3 rings (SSSR count). The Labute approximate surface area is 142 Å². The Morgan fingerprint density at radius 3 is 1.96 bits per heavy atom. The molecule has 23 heavy (non-hydrogen) atoms. The normalized spacial score (nSPS) is 26.4. The number of rotatable bonds is 12. The zero-order chi connectivity index (χ0) is 16.4. The van der Waals surface area contributed by atoms with Gasteiger partial charge in [-0.25, -0.2) is 0 Å². The minimum absolute atomic E-state index is 0.0217. The van der Waals surface area contributed by atoms with Gasteiger partial charge in [-0.3, -0.25) is 14.2 Å². The highest BCUT2D eigenvalue weighted by atomic mass is 16.5. The van der Waals surface area contributed by atoms with Crippen LogP contribution in [0.15, 0.2) is 0 Å². The van der Waals surface area contributed by atoms with Crippen LogP contribution in [0.1, 0.15) is 71.1 Å². The molecule has 4 nitrogen and oxygen atoms in total. The van der Waals surface area contributed by atoms with Crippen molar-refractivity contribution in [3.63, 3.8) is 0 Å². The number of nitrogens with zero attached hydrogens (tertiary/aromatic N) is 2. The number of carbonyl (C=O) groups is 1. The van der Waals surface area contributed by atoms with Crippen LogP contribution < -0.4 is 0 Å². The second-order valence-electron chi connectivity index (χ2n) is 7.58. The maximum Gasteiger partial charge on any atom is 0.310 e. The van der Waals surface area contributed by atoms with E-state index in [9.17, 15) is 4.79 Å². The van der Waals surface area contributed by atoms with Gasteiger partial charge in [0.25, 0.3) is 0 Å². The van der Waals surface area contributed by atoms with Crippen LogP contribution in [0.3, 0.4) is 0 Å². The summed E-state index contributed by atoms with van der Waals surface area (Å²) in [5.74, 6) is 0.0217. The number of hydrogen-bond acceptors (Lipinski definition) is 3. The van der Waals surface area contributed by atoms with Gasteiger partial charge in [0, 0.05) is 26.1 Å². The second kappa shape index (κ2) is 10.3. The van der Waals surface area contributed by atoms with Gasteiger partial charge in [-0.05, 0) is 6.42 Å². The molecule has 0 unspecified atom stereocenters. The van der Waals surface area contributed by atoms with Gasteiger partial charge >= 0.3 is 5.97 Å². The summed E-state index contributed by atoms with van der Waals surface area (Å²) in [4.78, 5) is 14.4. The monoisotopic (exact) mass is 325 g/mol. The number of ether oxygens (including phenoxy) is 1. The van der Waals surface area contributed by atoms with Gasteiger partial charge in [0.1, 0.15) is 0 Å². The number of unbranched alkanes of at least 4 members (excludes halogenated alkanes) is 8. The van der Waals surface area contributed by atoms with Gasteiger partial charge in [-0.15, -0.1) is 0 Å². The third kappa shape index (κ3) is 6.80. The molecule has 0 atom stereocenters. The van der Waals surface area contributed by atoms with E-state index in [0.29, 0.717) is 13.2 Å². The maximum atomic E-state index is 11.9. The lowest BCUT2D eigenvalue weighted by molar-refractivity contribution is -0.955. The highest BCUT2D eigenvalue weighted by Crippen LogP contribution is 2.19. The van der Waals surface area contributed by atoms with E-state index < -0.39 is 0 Å². The molecule has 0 radical (unpaired) electrons. The van der Waals surface area contributed by atoms with E-state index in [4.69, 9.17) is 4.74 Å². The molecule has 0 spiro atoms. The lowest BCUT2D eigenvalue weighted by Gasteiger charge is -2.49. The molecule has 3 fully saturated rings. The zero-order valence-electron chi connectivity index (χ0n) is 15.2. The average molecular weight is 326 g/mol. The Morgan fingerprint density at radius 1 is 0.870 bits per heavy atom. The van der Waals surface area contributed by atoms with Gasteiger partial charge in [-0.1, -0.05) is 58.3 Å². The van der Waals surface area contributed by atoms with Crippen molar-refractivity contribution in [1.82, 2.24) is 4.90 Å². The summed E-state index contributed by atoms with van der Waals surface area (Å²) >= 11 is 0. The van der Waals surface area contributed by atoms with Crippen molar-refractivity contribution in [3.8, 4) is 0 Å². The summed E-state index contributed by atoms with van der Waals surface area (Å²) in [5.41, 5.74) is 0. The quantitative estimate of drug-likeness (QED) is 0.312. The van der Waals surface area contributed by atoms with Crippen LogP contribution in [0.25, 0.3) is 0 Å². The lowest BCUT2D eigenvalue weighted by Crippen LogP contribution is -2.67. The molecule has 0 aromatic rings. The van der Waals surface area contributed by atoms with Crippen molar-refractivity contribution in [2.45, 2.75) is 71.1 Å². The molecule has 0 N–H and O–H groups in total. The Bertz CT molecular complexity index is 324. The first-order chi connectivity index (χ1) is 11.2. The molecular formula is C19H37N2O2+. The first kappa shape index (κ1) is 18.7. The first-order valence-corrected chi connectivity index (χ1v) is 9.97. The summed E-state index contributed by atoms with van der Waals surface area (Å²) < 4.78 is 6.60. The van der Waals surface area contributed by atoms with Gasteiger partial charge < -0.3 is 4.74 Å². The third-order valence-electron chi connectivity index (χ3n) is 5.66. The highest BCUT2D eigenvalue weighted by molar-refractivity contribution is 5.69. The van der Waals surface area contributed by atoms with Crippen LogP contribution in [-0.2, 0) is 9.53 Å². The summed E-state index contributed by atoms with van der Waals surface area (Å²) in [6.45, 7) is 9.88. The first-order valence-electron chi connectivity index (χ1n) is 9.97. The highest BCUT2D eigenvalue weighted by Gasteiger charge is 2.39. The fourth-order valence-corrected chi connectivity index (χ4v) is 3.79. The Hall–Kier alpha value is -0.610. The summed E-state index contributed by atoms with van der Waals surface area (Å²) in [7, 11) is 0. The topological polar surface area (TPSA) is 29.5 Å². The van der Waals surface area contributed by atoms with Crippen LogP contribution in [0.2, 0.25) is 0 Å². The van der Waals surface area contributed by atoms with E-state index in [0.717, 1.165) is 30.5 Å². The Balaban J connectivity index is 1.43. The predicted molar refractivity (Wildman–Crippen MR) is 94.1 cm³/mol. The number of esters is 1. The molecule has 0 aromatic heterocycles. The average Bonchev–Trinajstić information content (AvgIpc) is 2.60. The smallest absolute Gasteiger partial charge is 0.310 e. The Kier molecular flexibility index (Phi) is 8.38. The minimum Gasteiger partial charge on any atom is -0.415 e. The van der Waals surface area contributed by atoms with E-state index in [1.54, 1.807) is 0 Å². The van der Waals surface area contributed by atoms with Crippen molar-refractivity contribution >= 4 is 5.97 Å². The molecule has 4 heteroatoms. The van der Waals surface area contributed by atoms with Crippen molar-refractivity contribution in [3.05, 3.63) is 0 Å². The number of hydrogen-bond donors (Lipinski definition) is 0. The number of piperazine rings is 3. The summed E-state index contributed by atoms with van der Waals surface area (Å²) in [5, 5.41) is 0. The minimum atomic E-state index is 0.0217. The van der Waals surface area contributed by atoms with E-state index in [1.807, 2.05) is 0 Å². The molecule has 2 bridgehead atoms. The van der Waals surface area contributed by atoms with Crippen LogP contribution in [0.5, 0.6) is 0 Å². The van der Waals surface area contributed by atoms with Crippen molar-refractivity contribution in [1.29, 1.82) is 0 Å². The van der Waals surface area contributed by atoms with Crippen LogP contribution in [-0.4, -0.2) is 61.4 Å². The van der Waals surface area contributed by atoms with Crippen molar-refractivity contribution in [2.24, 2.45) is 0 Å². The van der Waals surface area contributed by atoms with E-state index in [-0.39, 0.29) is 5.97 Å². The molecule has 0 amide bonds. The molecular weight excluding hydrogens is 288 g/mol. The second-order valence-corrected chi connectivity index (χ2v) is 7.58. The fourth-order valence-electron chi connectivity index (χ4n) is 3.79. The lowest BCUT2D eigenvalue weighted by atomic mass is 10.1. The molecule has 134 valence electrons. The van der Waals surface area contributed by atoms with Gasteiger partial charge in [0.05, 0.1) is 19.6 Å². The summed E-state index contributed by atoms with van der Waals surface area (Å²) in [6, 6.07) is 0. The molecule has 0 aromatic carbocycles.